The number of carboxylic acids is 1. The van der Waals surface area contributed by atoms with Crippen molar-refractivity contribution in [1.82, 2.24) is 9.80 Å². The Hall–Kier alpha value is -1.10. The summed E-state index contributed by atoms with van der Waals surface area (Å²) in [5, 5.41) is 8.77. The summed E-state index contributed by atoms with van der Waals surface area (Å²) in [5.41, 5.74) is 0. The summed E-state index contributed by atoms with van der Waals surface area (Å²) < 4.78 is 0. The highest BCUT2D eigenvalue weighted by molar-refractivity contribution is 5.77. The van der Waals surface area contributed by atoms with Gasteiger partial charge in [-0.3, -0.25) is 9.59 Å². The molecule has 0 aromatic carbocycles. The highest BCUT2D eigenvalue weighted by atomic mass is 16.4. The molecule has 0 radical (unpaired) electrons. The van der Waals surface area contributed by atoms with Crippen LogP contribution >= 0.6 is 0 Å². The van der Waals surface area contributed by atoms with Crippen molar-refractivity contribution in [2.75, 3.05) is 32.7 Å². The normalized spacial score (nSPS) is 11.1. The Balaban J connectivity index is 4.29. The number of carbonyl (C=O) groups excluding carboxylic acids is 1. The molecule has 0 aliphatic carbocycles. The number of carbonyl (C=O) groups is 2. The summed E-state index contributed by atoms with van der Waals surface area (Å²) in [7, 11) is 0. The van der Waals surface area contributed by atoms with Gasteiger partial charge in [0.2, 0.25) is 5.91 Å². The van der Waals surface area contributed by atoms with Gasteiger partial charge in [-0.05, 0) is 32.0 Å². The molecule has 0 heterocycles. The molecule has 0 aliphatic heterocycles. The molecule has 1 N–H and O–H groups in total. The monoisotopic (exact) mass is 286 g/mol. The van der Waals surface area contributed by atoms with Crippen molar-refractivity contribution in [2.24, 2.45) is 5.92 Å². The second-order valence-corrected chi connectivity index (χ2v) is 5.50. The van der Waals surface area contributed by atoms with Gasteiger partial charge in [0.1, 0.15) is 0 Å². The fourth-order valence-corrected chi connectivity index (χ4v) is 2.10. The first-order valence-electron chi connectivity index (χ1n) is 7.62. The van der Waals surface area contributed by atoms with Crippen molar-refractivity contribution in [3.8, 4) is 0 Å². The Bertz CT molecular complexity index is 289. The zero-order valence-electron chi connectivity index (χ0n) is 13.4. The van der Waals surface area contributed by atoms with Crippen LogP contribution in [0.15, 0.2) is 0 Å². The van der Waals surface area contributed by atoms with Crippen LogP contribution in [0.2, 0.25) is 0 Å². The molecule has 0 saturated carbocycles. The lowest BCUT2D eigenvalue weighted by atomic mass is 10.1. The second-order valence-electron chi connectivity index (χ2n) is 5.50. The molecule has 118 valence electrons. The highest BCUT2D eigenvalue weighted by Gasteiger charge is 2.16. The van der Waals surface area contributed by atoms with Gasteiger partial charge in [0.15, 0.2) is 0 Å². The van der Waals surface area contributed by atoms with E-state index in [1.807, 2.05) is 13.8 Å². The van der Waals surface area contributed by atoms with E-state index in [1.54, 1.807) is 4.90 Å². The van der Waals surface area contributed by atoms with Crippen LogP contribution < -0.4 is 0 Å². The van der Waals surface area contributed by atoms with Crippen molar-refractivity contribution in [3.63, 3.8) is 0 Å². The largest absolute Gasteiger partial charge is 0.481 e. The fraction of sp³-hybridized carbons (Fsp3) is 0.867. The van der Waals surface area contributed by atoms with E-state index in [0.717, 1.165) is 26.1 Å². The Labute approximate surface area is 122 Å². The molecule has 0 bridgehead atoms. The molecule has 0 aromatic rings. The van der Waals surface area contributed by atoms with Gasteiger partial charge in [0, 0.05) is 19.5 Å². The third-order valence-corrected chi connectivity index (χ3v) is 3.33. The number of aliphatic carboxylic acids is 1. The van der Waals surface area contributed by atoms with Crippen molar-refractivity contribution >= 4 is 11.9 Å². The summed E-state index contributed by atoms with van der Waals surface area (Å²) in [6.07, 6.45) is 1.41. The summed E-state index contributed by atoms with van der Waals surface area (Å²) in [6, 6.07) is 0. The van der Waals surface area contributed by atoms with Gasteiger partial charge in [0.25, 0.3) is 0 Å². The molecule has 20 heavy (non-hydrogen) atoms. The standard InChI is InChI=1S/C15H30N2O3/c1-5-16(6-2)9-7-10-17(11-8-15(19)20)14(18)12-13(3)4/h13H,5-12H2,1-4H3,(H,19,20). The second kappa shape index (κ2) is 10.7. The van der Waals surface area contributed by atoms with E-state index in [9.17, 15) is 9.59 Å². The molecule has 0 saturated heterocycles. The van der Waals surface area contributed by atoms with Gasteiger partial charge in [0.05, 0.1) is 6.42 Å². The van der Waals surface area contributed by atoms with Gasteiger partial charge in [-0.25, -0.2) is 0 Å². The average Bonchev–Trinajstić information content (AvgIpc) is 2.36. The van der Waals surface area contributed by atoms with Crippen LogP contribution in [0.3, 0.4) is 0 Å². The third-order valence-electron chi connectivity index (χ3n) is 3.33. The van der Waals surface area contributed by atoms with E-state index >= 15 is 0 Å². The van der Waals surface area contributed by atoms with Crippen LogP contribution in [0.5, 0.6) is 0 Å². The molecular formula is C15H30N2O3. The third kappa shape index (κ3) is 8.91. The quantitative estimate of drug-likeness (QED) is 0.631. The minimum Gasteiger partial charge on any atom is -0.481 e. The number of rotatable bonds is 11. The highest BCUT2D eigenvalue weighted by Crippen LogP contribution is 2.06. The molecule has 0 rings (SSSR count). The number of carboxylic acid groups (broad SMARTS) is 1. The van der Waals surface area contributed by atoms with Gasteiger partial charge >= 0.3 is 5.97 Å². The molecule has 5 heteroatoms. The summed E-state index contributed by atoms with van der Waals surface area (Å²) >= 11 is 0. The summed E-state index contributed by atoms with van der Waals surface area (Å²) in [5.74, 6) is -0.477. The van der Waals surface area contributed by atoms with Crippen molar-refractivity contribution in [1.29, 1.82) is 0 Å². The average molecular weight is 286 g/mol. The smallest absolute Gasteiger partial charge is 0.305 e. The molecule has 0 aromatic heterocycles. The maximum atomic E-state index is 12.1. The number of hydrogen-bond donors (Lipinski definition) is 1. The first-order valence-corrected chi connectivity index (χ1v) is 7.62. The van der Waals surface area contributed by atoms with Gasteiger partial charge in [-0.15, -0.1) is 0 Å². The Morgan fingerprint density at radius 1 is 1.05 bits per heavy atom. The van der Waals surface area contributed by atoms with Gasteiger partial charge in [-0.1, -0.05) is 27.7 Å². The van der Waals surface area contributed by atoms with E-state index in [0.29, 0.717) is 25.4 Å². The SMILES string of the molecule is CCN(CC)CCCN(CCC(=O)O)C(=O)CC(C)C. The number of amides is 1. The Morgan fingerprint density at radius 3 is 2.10 bits per heavy atom. The van der Waals surface area contributed by atoms with E-state index < -0.39 is 5.97 Å². The van der Waals surface area contributed by atoms with Crippen LogP contribution in [0, 0.1) is 5.92 Å². The van der Waals surface area contributed by atoms with E-state index in [2.05, 4.69) is 18.7 Å². The fourth-order valence-electron chi connectivity index (χ4n) is 2.10. The zero-order chi connectivity index (χ0) is 15.5. The van der Waals surface area contributed by atoms with Crippen molar-refractivity contribution < 1.29 is 14.7 Å². The first-order chi connectivity index (χ1) is 9.40. The van der Waals surface area contributed by atoms with Gasteiger partial charge < -0.3 is 14.9 Å². The van der Waals surface area contributed by atoms with Gasteiger partial charge in [-0.2, -0.15) is 0 Å². The van der Waals surface area contributed by atoms with E-state index in [-0.39, 0.29) is 12.3 Å². The molecule has 0 fully saturated rings. The molecule has 0 atom stereocenters. The number of nitrogens with zero attached hydrogens (tertiary/aromatic N) is 2. The Morgan fingerprint density at radius 2 is 1.65 bits per heavy atom. The first kappa shape index (κ1) is 18.9. The molecule has 0 aliphatic rings. The van der Waals surface area contributed by atoms with Crippen LogP contribution in [-0.2, 0) is 9.59 Å². The number of hydrogen-bond acceptors (Lipinski definition) is 3. The molecule has 0 spiro atoms. The molecule has 5 nitrogen and oxygen atoms in total. The lowest BCUT2D eigenvalue weighted by Crippen LogP contribution is -2.36. The minimum absolute atomic E-state index is 0.0229. The zero-order valence-corrected chi connectivity index (χ0v) is 13.4. The van der Waals surface area contributed by atoms with Crippen LogP contribution in [-0.4, -0.2) is 59.5 Å². The maximum absolute atomic E-state index is 12.1. The predicted octanol–water partition coefficient (Wildman–Crippen LogP) is 2.07. The van der Waals surface area contributed by atoms with Crippen LogP contribution in [0.1, 0.15) is 47.0 Å². The van der Waals surface area contributed by atoms with Crippen molar-refractivity contribution in [3.05, 3.63) is 0 Å². The Kier molecular flexibility index (Phi) is 10.1. The van der Waals surface area contributed by atoms with E-state index in [4.69, 9.17) is 5.11 Å². The lowest BCUT2D eigenvalue weighted by Gasteiger charge is -2.25. The maximum Gasteiger partial charge on any atom is 0.305 e. The lowest BCUT2D eigenvalue weighted by molar-refractivity contribution is -0.138. The predicted molar refractivity (Wildman–Crippen MR) is 80.7 cm³/mol. The van der Waals surface area contributed by atoms with Crippen LogP contribution in [0.4, 0.5) is 0 Å². The topological polar surface area (TPSA) is 60.9 Å². The van der Waals surface area contributed by atoms with Crippen LogP contribution in [0.25, 0.3) is 0 Å². The molecule has 0 unspecified atom stereocenters. The molecule has 1 amide bonds. The summed E-state index contributed by atoms with van der Waals surface area (Å²) in [4.78, 5) is 26.8. The van der Waals surface area contributed by atoms with Crippen molar-refractivity contribution in [2.45, 2.75) is 47.0 Å². The summed E-state index contributed by atoms with van der Waals surface area (Å²) in [6.45, 7) is 12.2. The minimum atomic E-state index is -0.851. The van der Waals surface area contributed by atoms with E-state index in [1.165, 1.54) is 0 Å². The molecular weight excluding hydrogens is 256 g/mol.